The zero-order valence-electron chi connectivity index (χ0n) is 8.82. The molecule has 0 spiro atoms. The number of aryl methyl sites for hydroxylation is 1. The van der Waals surface area contributed by atoms with Crippen molar-refractivity contribution in [2.45, 2.75) is 6.92 Å². The minimum atomic E-state index is -3.29. The average Bonchev–Trinajstić information content (AvgIpc) is 2.18. The van der Waals surface area contributed by atoms with Crippen LogP contribution in [0.15, 0.2) is 18.3 Å². The molecule has 0 saturated carbocycles. The zero-order chi connectivity index (χ0) is 11.3. The van der Waals surface area contributed by atoms with E-state index in [0.717, 1.165) is 5.56 Å². The van der Waals surface area contributed by atoms with Gasteiger partial charge in [-0.3, -0.25) is 4.72 Å². The van der Waals surface area contributed by atoms with Crippen LogP contribution in [0.3, 0.4) is 0 Å². The number of sulfonamides is 1. The Bertz CT molecular complexity index is 417. The van der Waals surface area contributed by atoms with Crippen LogP contribution in [-0.2, 0) is 10.0 Å². The number of rotatable bonds is 5. The van der Waals surface area contributed by atoms with Crippen LogP contribution in [0.25, 0.3) is 0 Å². The van der Waals surface area contributed by atoms with E-state index in [1.54, 1.807) is 19.3 Å². The summed E-state index contributed by atoms with van der Waals surface area (Å²) in [5, 5.41) is 2.78. The smallest absolute Gasteiger partial charge is 0.235 e. The molecule has 0 amide bonds. The van der Waals surface area contributed by atoms with Crippen LogP contribution >= 0.6 is 0 Å². The van der Waals surface area contributed by atoms with E-state index in [9.17, 15) is 8.42 Å². The number of pyridine rings is 1. The van der Waals surface area contributed by atoms with E-state index in [1.807, 2.05) is 13.0 Å². The van der Waals surface area contributed by atoms with E-state index in [4.69, 9.17) is 0 Å². The first-order chi connectivity index (χ1) is 7.05. The van der Waals surface area contributed by atoms with Crippen LogP contribution in [-0.4, -0.2) is 32.7 Å². The highest BCUT2D eigenvalue weighted by molar-refractivity contribution is 7.92. The normalized spacial score (nSPS) is 11.3. The molecule has 15 heavy (non-hydrogen) atoms. The summed E-state index contributed by atoms with van der Waals surface area (Å²) in [7, 11) is -1.58. The van der Waals surface area contributed by atoms with Gasteiger partial charge in [-0.15, -0.1) is 0 Å². The van der Waals surface area contributed by atoms with Gasteiger partial charge >= 0.3 is 0 Å². The highest BCUT2D eigenvalue weighted by atomic mass is 32.2. The van der Waals surface area contributed by atoms with Gasteiger partial charge in [0, 0.05) is 12.7 Å². The van der Waals surface area contributed by atoms with Gasteiger partial charge in [0.1, 0.15) is 5.82 Å². The minimum absolute atomic E-state index is 0.0412. The van der Waals surface area contributed by atoms with Gasteiger partial charge in [-0.2, -0.15) is 0 Å². The number of anilines is 1. The molecule has 0 unspecified atom stereocenters. The Morgan fingerprint density at radius 2 is 2.20 bits per heavy atom. The van der Waals surface area contributed by atoms with E-state index in [-0.39, 0.29) is 5.75 Å². The lowest BCUT2D eigenvalue weighted by molar-refractivity contribution is 0.598. The summed E-state index contributed by atoms with van der Waals surface area (Å²) in [6, 6.07) is 3.57. The Morgan fingerprint density at radius 1 is 1.47 bits per heavy atom. The summed E-state index contributed by atoms with van der Waals surface area (Å²) >= 11 is 0. The Balaban J connectivity index is 2.74. The number of hydrogen-bond donors (Lipinski definition) is 2. The molecule has 1 aromatic heterocycles. The van der Waals surface area contributed by atoms with Crippen LogP contribution in [0, 0.1) is 6.92 Å². The summed E-state index contributed by atoms with van der Waals surface area (Å²) in [4.78, 5) is 3.96. The van der Waals surface area contributed by atoms with Crippen LogP contribution < -0.4 is 10.0 Å². The van der Waals surface area contributed by atoms with Crippen molar-refractivity contribution >= 4 is 15.8 Å². The van der Waals surface area contributed by atoms with Gasteiger partial charge < -0.3 is 5.32 Å². The van der Waals surface area contributed by atoms with E-state index in [2.05, 4.69) is 15.0 Å². The van der Waals surface area contributed by atoms with Gasteiger partial charge in [-0.05, 0) is 25.6 Å². The second kappa shape index (κ2) is 5.09. The fourth-order valence-electron chi connectivity index (χ4n) is 1.03. The van der Waals surface area contributed by atoms with Crippen molar-refractivity contribution in [1.29, 1.82) is 0 Å². The maximum Gasteiger partial charge on any atom is 0.235 e. The Labute approximate surface area is 90.0 Å². The van der Waals surface area contributed by atoms with Crippen molar-refractivity contribution in [2.75, 3.05) is 24.1 Å². The molecule has 84 valence electrons. The highest BCUT2D eigenvalue weighted by Crippen LogP contribution is 2.10. The number of nitrogens with zero attached hydrogens (tertiary/aromatic N) is 1. The molecular formula is C9H15N3O2S. The Hall–Kier alpha value is -1.14. The SMILES string of the molecule is CNCCS(=O)(=O)Nc1ncccc1C. The van der Waals surface area contributed by atoms with Crippen LogP contribution in [0.4, 0.5) is 5.82 Å². The third-order valence-electron chi connectivity index (χ3n) is 1.88. The Morgan fingerprint density at radius 3 is 2.80 bits per heavy atom. The first-order valence-corrected chi connectivity index (χ1v) is 6.27. The van der Waals surface area contributed by atoms with Gasteiger partial charge in [0.15, 0.2) is 0 Å². The lowest BCUT2D eigenvalue weighted by Crippen LogP contribution is -2.25. The van der Waals surface area contributed by atoms with Crippen LogP contribution in [0.1, 0.15) is 5.56 Å². The quantitative estimate of drug-likeness (QED) is 0.764. The molecule has 6 heteroatoms. The van der Waals surface area contributed by atoms with Gasteiger partial charge in [-0.25, -0.2) is 13.4 Å². The molecule has 0 aromatic carbocycles. The van der Waals surface area contributed by atoms with Crippen molar-refractivity contribution in [3.8, 4) is 0 Å². The predicted octanol–water partition coefficient (Wildman–Crippen LogP) is 0.351. The number of hydrogen-bond acceptors (Lipinski definition) is 4. The van der Waals surface area contributed by atoms with Gasteiger partial charge in [-0.1, -0.05) is 6.07 Å². The molecule has 2 N–H and O–H groups in total. The molecule has 5 nitrogen and oxygen atoms in total. The van der Waals surface area contributed by atoms with Crippen LogP contribution in [0.5, 0.6) is 0 Å². The topological polar surface area (TPSA) is 71.1 Å². The summed E-state index contributed by atoms with van der Waals surface area (Å²) in [5.74, 6) is 0.438. The first kappa shape index (κ1) is 11.9. The fraction of sp³-hybridized carbons (Fsp3) is 0.444. The molecule has 1 heterocycles. The standard InChI is InChI=1S/C9H15N3O2S/c1-8-4-3-5-11-9(8)12-15(13,14)7-6-10-2/h3-5,10H,6-7H2,1-2H3,(H,11,12). The molecular weight excluding hydrogens is 214 g/mol. The summed E-state index contributed by atoms with van der Waals surface area (Å²) in [6.07, 6.45) is 1.56. The molecule has 1 rings (SSSR count). The predicted molar refractivity (Wildman–Crippen MR) is 60.3 cm³/mol. The first-order valence-electron chi connectivity index (χ1n) is 4.62. The third kappa shape index (κ3) is 3.85. The lowest BCUT2D eigenvalue weighted by atomic mass is 10.3. The maximum absolute atomic E-state index is 11.5. The molecule has 0 bridgehead atoms. The third-order valence-corrected chi connectivity index (χ3v) is 3.13. The van der Waals surface area contributed by atoms with Crippen molar-refractivity contribution in [2.24, 2.45) is 0 Å². The zero-order valence-corrected chi connectivity index (χ0v) is 9.63. The largest absolute Gasteiger partial charge is 0.319 e. The highest BCUT2D eigenvalue weighted by Gasteiger charge is 2.11. The van der Waals surface area contributed by atoms with E-state index in [1.165, 1.54) is 0 Å². The van der Waals surface area contributed by atoms with Crippen molar-refractivity contribution in [3.63, 3.8) is 0 Å². The number of nitrogens with one attached hydrogen (secondary N) is 2. The van der Waals surface area contributed by atoms with E-state index >= 15 is 0 Å². The van der Waals surface area contributed by atoms with Gasteiger partial charge in [0.25, 0.3) is 0 Å². The van der Waals surface area contributed by atoms with E-state index < -0.39 is 10.0 Å². The molecule has 0 saturated heterocycles. The van der Waals surface area contributed by atoms with E-state index in [0.29, 0.717) is 12.4 Å². The maximum atomic E-state index is 11.5. The Kier molecular flexibility index (Phi) is 4.05. The fourth-order valence-corrected chi connectivity index (χ4v) is 2.11. The second-order valence-corrected chi connectivity index (χ2v) is 5.04. The molecule has 0 radical (unpaired) electrons. The monoisotopic (exact) mass is 229 g/mol. The minimum Gasteiger partial charge on any atom is -0.319 e. The molecule has 0 aliphatic carbocycles. The molecule has 0 atom stereocenters. The van der Waals surface area contributed by atoms with Crippen LogP contribution in [0.2, 0.25) is 0 Å². The summed E-state index contributed by atoms with van der Waals surface area (Å²) in [5.41, 5.74) is 0.811. The van der Waals surface area contributed by atoms with Crippen molar-refractivity contribution in [1.82, 2.24) is 10.3 Å². The van der Waals surface area contributed by atoms with Gasteiger partial charge in [0.05, 0.1) is 5.75 Å². The van der Waals surface area contributed by atoms with Crippen molar-refractivity contribution < 1.29 is 8.42 Å². The molecule has 0 aliphatic rings. The molecule has 0 aliphatic heterocycles. The summed E-state index contributed by atoms with van der Waals surface area (Å²) in [6.45, 7) is 2.23. The second-order valence-electron chi connectivity index (χ2n) is 3.19. The lowest BCUT2D eigenvalue weighted by Gasteiger charge is -2.08. The molecule has 0 fully saturated rings. The number of aromatic nitrogens is 1. The summed E-state index contributed by atoms with van der Waals surface area (Å²) < 4.78 is 25.5. The molecule has 1 aromatic rings. The van der Waals surface area contributed by atoms with Gasteiger partial charge in [0.2, 0.25) is 10.0 Å². The van der Waals surface area contributed by atoms with Crippen molar-refractivity contribution in [3.05, 3.63) is 23.9 Å². The average molecular weight is 229 g/mol.